The van der Waals surface area contributed by atoms with Gasteiger partial charge in [-0.2, -0.15) is 0 Å². The second-order valence-electron chi connectivity index (χ2n) is 5.88. The SMILES string of the molecule is CC(N)Cc1ccccc1N1CCCC1(C)C. The third-order valence-corrected chi connectivity index (χ3v) is 3.73. The van der Waals surface area contributed by atoms with Gasteiger partial charge in [-0.25, -0.2) is 0 Å². The van der Waals surface area contributed by atoms with Gasteiger partial charge in [-0.1, -0.05) is 18.2 Å². The highest BCUT2D eigenvalue weighted by Gasteiger charge is 2.32. The molecule has 2 rings (SSSR count). The molecule has 0 amide bonds. The summed E-state index contributed by atoms with van der Waals surface area (Å²) in [4.78, 5) is 2.55. The zero-order valence-corrected chi connectivity index (χ0v) is 11.2. The second-order valence-corrected chi connectivity index (χ2v) is 5.88. The molecule has 0 saturated carbocycles. The molecule has 2 N–H and O–H groups in total. The van der Waals surface area contributed by atoms with Gasteiger partial charge >= 0.3 is 0 Å². The number of hydrogen-bond donors (Lipinski definition) is 1. The molecule has 0 spiro atoms. The molecule has 17 heavy (non-hydrogen) atoms. The van der Waals surface area contributed by atoms with E-state index in [-0.39, 0.29) is 11.6 Å². The standard InChI is InChI=1S/C15H24N2/c1-12(16)11-13-7-4-5-8-14(13)17-10-6-9-15(17,2)3/h4-5,7-8,12H,6,9-11,16H2,1-3H3. The molecule has 1 fully saturated rings. The number of nitrogens with two attached hydrogens (primary N) is 1. The molecule has 0 radical (unpaired) electrons. The molecule has 1 unspecified atom stereocenters. The van der Waals surface area contributed by atoms with E-state index in [2.05, 4.69) is 49.9 Å². The molecule has 94 valence electrons. The third-order valence-electron chi connectivity index (χ3n) is 3.73. The largest absolute Gasteiger partial charge is 0.366 e. The van der Waals surface area contributed by atoms with Gasteiger partial charge in [0.15, 0.2) is 0 Å². The maximum Gasteiger partial charge on any atom is 0.0403 e. The highest BCUT2D eigenvalue weighted by molar-refractivity contribution is 5.56. The van der Waals surface area contributed by atoms with E-state index in [1.165, 1.54) is 30.6 Å². The van der Waals surface area contributed by atoms with Crippen LogP contribution >= 0.6 is 0 Å². The third kappa shape index (κ3) is 2.63. The first-order valence-corrected chi connectivity index (χ1v) is 6.62. The molecule has 1 heterocycles. The highest BCUT2D eigenvalue weighted by Crippen LogP contribution is 2.35. The fourth-order valence-corrected chi connectivity index (χ4v) is 2.85. The molecule has 1 saturated heterocycles. The van der Waals surface area contributed by atoms with Crippen molar-refractivity contribution in [3.8, 4) is 0 Å². The number of benzene rings is 1. The van der Waals surface area contributed by atoms with Gasteiger partial charge in [-0.3, -0.25) is 0 Å². The number of para-hydroxylation sites is 1. The van der Waals surface area contributed by atoms with Crippen molar-refractivity contribution < 1.29 is 0 Å². The summed E-state index contributed by atoms with van der Waals surface area (Å²) in [5.74, 6) is 0. The van der Waals surface area contributed by atoms with Crippen LogP contribution < -0.4 is 10.6 Å². The summed E-state index contributed by atoms with van der Waals surface area (Å²) in [6, 6.07) is 8.93. The van der Waals surface area contributed by atoms with Crippen molar-refractivity contribution in [3.05, 3.63) is 29.8 Å². The fraction of sp³-hybridized carbons (Fsp3) is 0.600. The van der Waals surface area contributed by atoms with Crippen LogP contribution in [0.25, 0.3) is 0 Å². The van der Waals surface area contributed by atoms with Crippen molar-refractivity contribution in [2.24, 2.45) is 5.73 Å². The average Bonchev–Trinajstić information content (AvgIpc) is 2.58. The normalized spacial score (nSPS) is 20.6. The number of hydrogen-bond acceptors (Lipinski definition) is 2. The summed E-state index contributed by atoms with van der Waals surface area (Å²) in [5, 5.41) is 0. The van der Waals surface area contributed by atoms with Gasteiger partial charge in [0.25, 0.3) is 0 Å². The lowest BCUT2D eigenvalue weighted by atomic mass is 9.99. The first kappa shape index (κ1) is 12.4. The van der Waals surface area contributed by atoms with Crippen LogP contribution in [0.5, 0.6) is 0 Å². The van der Waals surface area contributed by atoms with Crippen LogP contribution in [0.2, 0.25) is 0 Å². The minimum absolute atomic E-state index is 0.224. The molecule has 2 heteroatoms. The molecule has 0 aliphatic carbocycles. The van der Waals surface area contributed by atoms with Crippen LogP contribution in [0.1, 0.15) is 39.2 Å². The van der Waals surface area contributed by atoms with Crippen LogP contribution in [0, 0.1) is 0 Å². The molecule has 1 atom stereocenters. The Labute approximate surface area is 105 Å². The number of rotatable bonds is 3. The summed E-state index contributed by atoms with van der Waals surface area (Å²) < 4.78 is 0. The Kier molecular flexibility index (Phi) is 3.43. The van der Waals surface area contributed by atoms with Crippen LogP contribution in [0.4, 0.5) is 5.69 Å². The van der Waals surface area contributed by atoms with Crippen LogP contribution in [0.3, 0.4) is 0 Å². The molecule has 0 bridgehead atoms. The van der Waals surface area contributed by atoms with Crippen molar-refractivity contribution in [1.29, 1.82) is 0 Å². The van der Waals surface area contributed by atoms with E-state index >= 15 is 0 Å². The Bertz CT molecular complexity index is 382. The quantitative estimate of drug-likeness (QED) is 0.868. The number of nitrogens with zero attached hydrogens (tertiary/aromatic N) is 1. The van der Waals surface area contributed by atoms with E-state index in [0.29, 0.717) is 0 Å². The predicted octanol–water partition coefficient (Wildman–Crippen LogP) is 2.96. The van der Waals surface area contributed by atoms with Gasteiger partial charge in [0.05, 0.1) is 0 Å². The van der Waals surface area contributed by atoms with Gasteiger partial charge in [0.1, 0.15) is 0 Å². The number of anilines is 1. The zero-order chi connectivity index (χ0) is 12.5. The van der Waals surface area contributed by atoms with E-state index < -0.39 is 0 Å². The topological polar surface area (TPSA) is 29.3 Å². The molecule has 1 aliphatic heterocycles. The fourth-order valence-electron chi connectivity index (χ4n) is 2.85. The Morgan fingerprint density at radius 3 is 2.65 bits per heavy atom. The van der Waals surface area contributed by atoms with E-state index in [9.17, 15) is 0 Å². The minimum Gasteiger partial charge on any atom is -0.366 e. The summed E-state index contributed by atoms with van der Waals surface area (Å²) in [7, 11) is 0. The molecular weight excluding hydrogens is 208 g/mol. The summed E-state index contributed by atoms with van der Waals surface area (Å²) in [6.07, 6.45) is 3.53. The molecule has 1 aromatic rings. The van der Waals surface area contributed by atoms with Gasteiger partial charge < -0.3 is 10.6 Å². The van der Waals surface area contributed by atoms with E-state index in [4.69, 9.17) is 5.73 Å². The smallest absolute Gasteiger partial charge is 0.0403 e. The first-order chi connectivity index (χ1) is 8.00. The molecule has 1 aromatic carbocycles. The van der Waals surface area contributed by atoms with Crippen molar-refractivity contribution in [2.45, 2.75) is 51.6 Å². The Balaban J connectivity index is 2.31. The Hall–Kier alpha value is -1.02. The lowest BCUT2D eigenvalue weighted by Crippen LogP contribution is -2.39. The molecule has 1 aliphatic rings. The lowest BCUT2D eigenvalue weighted by molar-refractivity contribution is 0.516. The van der Waals surface area contributed by atoms with E-state index in [1.807, 2.05) is 0 Å². The molecule has 2 nitrogen and oxygen atoms in total. The van der Waals surface area contributed by atoms with Gasteiger partial charge in [-0.05, 0) is 51.7 Å². The van der Waals surface area contributed by atoms with Crippen molar-refractivity contribution in [3.63, 3.8) is 0 Å². The van der Waals surface area contributed by atoms with Crippen molar-refractivity contribution >= 4 is 5.69 Å². The maximum atomic E-state index is 5.94. The van der Waals surface area contributed by atoms with Crippen LogP contribution in [-0.2, 0) is 6.42 Å². The summed E-state index contributed by atoms with van der Waals surface area (Å²) in [5.41, 5.74) is 9.00. The van der Waals surface area contributed by atoms with Gasteiger partial charge in [0, 0.05) is 23.8 Å². The van der Waals surface area contributed by atoms with Crippen molar-refractivity contribution in [1.82, 2.24) is 0 Å². The monoisotopic (exact) mass is 232 g/mol. The van der Waals surface area contributed by atoms with E-state index in [1.54, 1.807) is 0 Å². The van der Waals surface area contributed by atoms with Crippen molar-refractivity contribution in [2.75, 3.05) is 11.4 Å². The van der Waals surface area contributed by atoms with Gasteiger partial charge in [0.2, 0.25) is 0 Å². The maximum absolute atomic E-state index is 5.94. The van der Waals surface area contributed by atoms with Crippen LogP contribution in [0.15, 0.2) is 24.3 Å². The van der Waals surface area contributed by atoms with E-state index in [0.717, 1.165) is 6.42 Å². The Morgan fingerprint density at radius 1 is 1.35 bits per heavy atom. The highest BCUT2D eigenvalue weighted by atomic mass is 15.2. The molecule has 0 aromatic heterocycles. The Morgan fingerprint density at radius 2 is 2.06 bits per heavy atom. The molecular formula is C15H24N2. The zero-order valence-electron chi connectivity index (χ0n) is 11.2. The predicted molar refractivity (Wildman–Crippen MR) is 74.5 cm³/mol. The first-order valence-electron chi connectivity index (χ1n) is 6.62. The summed E-state index contributed by atoms with van der Waals surface area (Å²) in [6.45, 7) is 7.92. The van der Waals surface area contributed by atoms with Gasteiger partial charge in [-0.15, -0.1) is 0 Å². The minimum atomic E-state index is 0.224. The van der Waals surface area contributed by atoms with Crippen LogP contribution in [-0.4, -0.2) is 18.1 Å². The second kappa shape index (κ2) is 4.69. The lowest BCUT2D eigenvalue weighted by Gasteiger charge is -2.35. The average molecular weight is 232 g/mol. The summed E-state index contributed by atoms with van der Waals surface area (Å²) >= 11 is 0.